The van der Waals surface area contributed by atoms with Crippen LogP contribution in [0.3, 0.4) is 0 Å². The van der Waals surface area contributed by atoms with Gasteiger partial charge in [0.1, 0.15) is 0 Å². The van der Waals surface area contributed by atoms with Crippen molar-refractivity contribution >= 4 is 28.4 Å². The van der Waals surface area contributed by atoms with Crippen LogP contribution >= 0.6 is 22.6 Å². The second kappa shape index (κ2) is 2.22. The number of ketones is 1. The minimum absolute atomic E-state index is 0.326. The summed E-state index contributed by atoms with van der Waals surface area (Å²) >= 11 is 2.18. The molecule has 0 aromatic heterocycles. The van der Waals surface area contributed by atoms with Crippen LogP contribution in [-0.4, -0.2) is 5.78 Å². The van der Waals surface area contributed by atoms with Gasteiger partial charge in [-0.1, -0.05) is 18.2 Å². The van der Waals surface area contributed by atoms with E-state index < -0.39 is 0 Å². The van der Waals surface area contributed by atoms with Crippen molar-refractivity contribution in [2.24, 2.45) is 23.7 Å². The fourth-order valence-electron chi connectivity index (χ4n) is 2.87. The summed E-state index contributed by atoms with van der Waals surface area (Å²) in [6.45, 7) is 0. The maximum absolute atomic E-state index is 11.7. The van der Waals surface area contributed by atoms with E-state index in [9.17, 15) is 4.79 Å². The minimum Gasteiger partial charge on any atom is -0.293 e. The average Bonchev–Trinajstić information content (AvgIpc) is 2.66. The first-order valence-electron chi connectivity index (χ1n) is 4.37. The Bertz CT molecular complexity index is 316. The lowest BCUT2D eigenvalue weighted by molar-refractivity contribution is -0.118. The molecule has 0 N–H and O–H groups in total. The van der Waals surface area contributed by atoms with Gasteiger partial charge in [-0.05, 0) is 46.8 Å². The molecule has 1 saturated carbocycles. The molecule has 3 rings (SSSR count). The Kier molecular flexibility index (Phi) is 1.35. The fraction of sp³-hybridized carbons (Fsp3) is 0.500. The quantitative estimate of drug-likeness (QED) is 0.488. The third-order valence-corrected chi connectivity index (χ3v) is 4.29. The molecule has 0 aromatic carbocycles. The van der Waals surface area contributed by atoms with Crippen LogP contribution in [-0.2, 0) is 4.79 Å². The molecule has 3 aliphatic rings. The van der Waals surface area contributed by atoms with Crippen molar-refractivity contribution in [3.8, 4) is 0 Å². The van der Waals surface area contributed by atoms with Crippen molar-refractivity contribution in [3.63, 3.8) is 0 Å². The van der Waals surface area contributed by atoms with Crippen LogP contribution in [0.2, 0.25) is 0 Å². The fourth-order valence-corrected chi connectivity index (χ4v) is 3.64. The van der Waals surface area contributed by atoms with E-state index >= 15 is 0 Å². The van der Waals surface area contributed by atoms with E-state index in [4.69, 9.17) is 0 Å². The summed E-state index contributed by atoms with van der Waals surface area (Å²) in [6, 6.07) is 0. The van der Waals surface area contributed by atoms with Gasteiger partial charge in [0.05, 0.1) is 3.58 Å². The Morgan fingerprint density at radius 3 is 2.83 bits per heavy atom. The standard InChI is InChI=1S/C10H9IO/c11-8-4-7-5-1-2-6(3-5)9(7)10(8)12/h1-2,4-7,9H,3H2/t5-,6+,7-,9?/m0/s1. The van der Waals surface area contributed by atoms with Gasteiger partial charge in [0.25, 0.3) is 0 Å². The molecule has 0 saturated heterocycles. The highest BCUT2D eigenvalue weighted by molar-refractivity contribution is 14.1. The van der Waals surface area contributed by atoms with E-state index in [2.05, 4.69) is 40.8 Å². The van der Waals surface area contributed by atoms with Gasteiger partial charge in [-0.15, -0.1) is 0 Å². The third-order valence-electron chi connectivity index (χ3n) is 3.40. The van der Waals surface area contributed by atoms with Crippen molar-refractivity contribution in [2.45, 2.75) is 6.42 Å². The van der Waals surface area contributed by atoms with E-state index in [1.165, 1.54) is 6.42 Å². The molecule has 0 heterocycles. The van der Waals surface area contributed by atoms with Crippen LogP contribution in [0.1, 0.15) is 6.42 Å². The van der Waals surface area contributed by atoms with Crippen LogP contribution in [0.4, 0.5) is 0 Å². The normalized spacial score (nSPS) is 48.4. The second-order valence-electron chi connectivity index (χ2n) is 3.93. The molecule has 1 nitrogen and oxygen atoms in total. The molecule has 2 bridgehead atoms. The number of hydrogen-bond donors (Lipinski definition) is 0. The maximum Gasteiger partial charge on any atom is 0.172 e. The largest absolute Gasteiger partial charge is 0.293 e. The highest BCUT2D eigenvalue weighted by Gasteiger charge is 2.50. The summed E-state index contributed by atoms with van der Waals surface area (Å²) in [5.74, 6) is 2.52. The molecule has 12 heavy (non-hydrogen) atoms. The van der Waals surface area contributed by atoms with Crippen molar-refractivity contribution in [1.29, 1.82) is 0 Å². The molecule has 0 aromatic rings. The van der Waals surface area contributed by atoms with Gasteiger partial charge in [0.15, 0.2) is 5.78 Å². The second-order valence-corrected chi connectivity index (χ2v) is 5.09. The van der Waals surface area contributed by atoms with E-state index in [0.717, 1.165) is 3.58 Å². The van der Waals surface area contributed by atoms with Gasteiger partial charge >= 0.3 is 0 Å². The number of Topliss-reactive ketones (excluding diaryl/α,β-unsaturated/α-hetero) is 1. The Hall–Kier alpha value is -0.120. The smallest absolute Gasteiger partial charge is 0.172 e. The highest BCUT2D eigenvalue weighted by atomic mass is 127. The highest BCUT2D eigenvalue weighted by Crippen LogP contribution is 2.53. The zero-order valence-corrected chi connectivity index (χ0v) is 8.69. The molecule has 1 fully saturated rings. The first-order chi connectivity index (χ1) is 5.77. The summed E-state index contributed by atoms with van der Waals surface area (Å²) in [6.07, 6.45) is 7.95. The van der Waals surface area contributed by atoms with Gasteiger partial charge < -0.3 is 0 Å². The number of halogens is 1. The van der Waals surface area contributed by atoms with Crippen molar-refractivity contribution < 1.29 is 4.79 Å². The number of hydrogen-bond acceptors (Lipinski definition) is 1. The third kappa shape index (κ3) is 0.721. The molecule has 0 aliphatic heterocycles. The Morgan fingerprint density at radius 1 is 1.33 bits per heavy atom. The number of carbonyl (C=O) groups is 1. The monoisotopic (exact) mass is 272 g/mol. The first-order valence-corrected chi connectivity index (χ1v) is 5.45. The SMILES string of the molecule is O=C1C(I)=C[C@@H]2C1[C@@H]1C=C[C@H]2C1. The van der Waals surface area contributed by atoms with Crippen LogP contribution in [0.15, 0.2) is 21.8 Å². The van der Waals surface area contributed by atoms with E-state index in [0.29, 0.717) is 29.5 Å². The molecular formula is C10H9IO. The Morgan fingerprint density at radius 2 is 2.08 bits per heavy atom. The zero-order chi connectivity index (χ0) is 8.29. The van der Waals surface area contributed by atoms with Crippen molar-refractivity contribution in [3.05, 3.63) is 21.8 Å². The minimum atomic E-state index is 0.326. The summed E-state index contributed by atoms with van der Waals surface area (Å²) in [7, 11) is 0. The maximum atomic E-state index is 11.7. The summed E-state index contributed by atoms with van der Waals surface area (Å²) in [5.41, 5.74) is 0. The van der Waals surface area contributed by atoms with E-state index in [1.807, 2.05) is 0 Å². The van der Waals surface area contributed by atoms with Gasteiger partial charge in [-0.3, -0.25) is 4.79 Å². The zero-order valence-electron chi connectivity index (χ0n) is 6.53. The van der Waals surface area contributed by atoms with Gasteiger partial charge in [-0.25, -0.2) is 0 Å². The summed E-state index contributed by atoms with van der Waals surface area (Å²) in [4.78, 5) is 11.7. The lowest BCUT2D eigenvalue weighted by atomic mass is 9.85. The Labute approximate surface area is 85.1 Å². The number of allylic oxidation sites excluding steroid dienone is 4. The predicted molar refractivity (Wildman–Crippen MR) is 54.8 cm³/mol. The van der Waals surface area contributed by atoms with Gasteiger partial charge in [-0.2, -0.15) is 0 Å². The van der Waals surface area contributed by atoms with Gasteiger partial charge in [0.2, 0.25) is 0 Å². The average molecular weight is 272 g/mol. The molecule has 1 unspecified atom stereocenters. The summed E-state index contributed by atoms with van der Waals surface area (Å²) in [5, 5.41) is 0. The van der Waals surface area contributed by atoms with Gasteiger partial charge in [0, 0.05) is 5.92 Å². The Balaban J connectivity index is 2.07. The van der Waals surface area contributed by atoms with Crippen LogP contribution in [0, 0.1) is 23.7 Å². The molecule has 0 amide bonds. The van der Waals surface area contributed by atoms with Crippen molar-refractivity contribution in [1.82, 2.24) is 0 Å². The van der Waals surface area contributed by atoms with E-state index in [1.54, 1.807) is 0 Å². The predicted octanol–water partition coefficient (Wildman–Crippen LogP) is 2.33. The molecule has 3 aliphatic carbocycles. The first kappa shape index (κ1) is 7.30. The van der Waals surface area contributed by atoms with E-state index in [-0.39, 0.29) is 0 Å². The van der Waals surface area contributed by atoms with Crippen LogP contribution in [0.5, 0.6) is 0 Å². The number of fused-ring (bicyclic) bond motifs is 5. The molecule has 2 heteroatoms. The molecule has 4 atom stereocenters. The lowest BCUT2D eigenvalue weighted by Gasteiger charge is -2.17. The number of rotatable bonds is 0. The molecular weight excluding hydrogens is 263 g/mol. The van der Waals surface area contributed by atoms with Crippen molar-refractivity contribution in [2.75, 3.05) is 0 Å². The molecule has 62 valence electrons. The molecule has 0 spiro atoms. The summed E-state index contributed by atoms with van der Waals surface area (Å²) < 4.78 is 0.973. The topological polar surface area (TPSA) is 17.1 Å². The van der Waals surface area contributed by atoms with Crippen LogP contribution in [0.25, 0.3) is 0 Å². The molecule has 0 radical (unpaired) electrons. The lowest BCUT2D eigenvalue weighted by Crippen LogP contribution is -2.20. The number of carbonyl (C=O) groups excluding carboxylic acids is 1. The van der Waals surface area contributed by atoms with Crippen LogP contribution < -0.4 is 0 Å².